The van der Waals surface area contributed by atoms with Crippen LogP contribution < -0.4 is 9.64 Å². The van der Waals surface area contributed by atoms with Crippen molar-refractivity contribution in [2.45, 2.75) is 6.92 Å². The SMILES string of the molecule is COc1cccc2c(C)cc(-c3ccc(N(C)CCO)cc3)nc12. The number of pyridine rings is 1. The summed E-state index contributed by atoms with van der Waals surface area (Å²) < 4.78 is 5.46. The number of rotatable bonds is 5. The Labute approximate surface area is 142 Å². The third kappa shape index (κ3) is 3.05. The van der Waals surface area contributed by atoms with Crippen molar-refractivity contribution >= 4 is 16.6 Å². The van der Waals surface area contributed by atoms with Crippen molar-refractivity contribution in [2.24, 2.45) is 0 Å². The highest BCUT2D eigenvalue weighted by Gasteiger charge is 2.09. The predicted octanol–water partition coefficient (Wildman–Crippen LogP) is 3.65. The van der Waals surface area contributed by atoms with Gasteiger partial charge in [0, 0.05) is 30.2 Å². The second kappa shape index (κ2) is 6.89. The van der Waals surface area contributed by atoms with Crippen LogP contribution >= 0.6 is 0 Å². The minimum Gasteiger partial charge on any atom is -0.494 e. The molecule has 0 unspecified atom stereocenters. The van der Waals surface area contributed by atoms with E-state index in [0.717, 1.165) is 33.6 Å². The van der Waals surface area contributed by atoms with Gasteiger partial charge in [-0.05, 0) is 36.8 Å². The van der Waals surface area contributed by atoms with Crippen LogP contribution in [0.4, 0.5) is 5.69 Å². The summed E-state index contributed by atoms with van der Waals surface area (Å²) in [5.41, 5.74) is 5.13. The molecular formula is C20H22N2O2. The van der Waals surface area contributed by atoms with Gasteiger partial charge in [0.2, 0.25) is 0 Å². The summed E-state index contributed by atoms with van der Waals surface area (Å²) in [4.78, 5) is 6.83. The number of benzene rings is 2. The number of aliphatic hydroxyl groups is 1. The van der Waals surface area contributed by atoms with Crippen LogP contribution in [-0.2, 0) is 0 Å². The van der Waals surface area contributed by atoms with Gasteiger partial charge < -0.3 is 14.7 Å². The van der Waals surface area contributed by atoms with E-state index in [1.54, 1.807) is 7.11 Å². The first-order valence-electron chi connectivity index (χ1n) is 8.01. The smallest absolute Gasteiger partial charge is 0.145 e. The molecule has 1 N–H and O–H groups in total. The summed E-state index contributed by atoms with van der Waals surface area (Å²) in [6.45, 7) is 2.85. The third-order valence-corrected chi connectivity index (χ3v) is 4.27. The molecule has 0 aliphatic carbocycles. The summed E-state index contributed by atoms with van der Waals surface area (Å²) in [5, 5.41) is 10.2. The second-order valence-electron chi connectivity index (χ2n) is 5.87. The third-order valence-electron chi connectivity index (χ3n) is 4.27. The van der Waals surface area contributed by atoms with Crippen molar-refractivity contribution in [2.75, 3.05) is 32.2 Å². The normalized spacial score (nSPS) is 10.8. The number of likely N-dealkylation sites (N-methyl/N-ethyl adjacent to an activating group) is 1. The molecule has 0 radical (unpaired) electrons. The number of hydrogen-bond donors (Lipinski definition) is 1. The Hall–Kier alpha value is -2.59. The maximum atomic E-state index is 9.05. The lowest BCUT2D eigenvalue weighted by Crippen LogP contribution is -2.20. The van der Waals surface area contributed by atoms with Crippen LogP contribution in [0.2, 0.25) is 0 Å². The van der Waals surface area contributed by atoms with Gasteiger partial charge in [0.05, 0.1) is 19.4 Å². The lowest BCUT2D eigenvalue weighted by molar-refractivity contribution is 0.304. The van der Waals surface area contributed by atoms with E-state index in [2.05, 4.69) is 43.3 Å². The van der Waals surface area contributed by atoms with E-state index in [1.165, 1.54) is 5.56 Å². The van der Waals surface area contributed by atoms with Crippen LogP contribution in [0.3, 0.4) is 0 Å². The zero-order chi connectivity index (χ0) is 17.1. The lowest BCUT2D eigenvalue weighted by Gasteiger charge is -2.18. The summed E-state index contributed by atoms with van der Waals surface area (Å²) >= 11 is 0. The highest BCUT2D eigenvalue weighted by Crippen LogP contribution is 2.30. The summed E-state index contributed by atoms with van der Waals surface area (Å²) in [6.07, 6.45) is 0. The van der Waals surface area contributed by atoms with Crippen molar-refractivity contribution < 1.29 is 9.84 Å². The Bertz CT molecular complexity index is 844. The monoisotopic (exact) mass is 322 g/mol. The van der Waals surface area contributed by atoms with E-state index in [9.17, 15) is 0 Å². The molecule has 0 saturated carbocycles. The number of ether oxygens (including phenoxy) is 1. The van der Waals surface area contributed by atoms with Crippen molar-refractivity contribution in [1.29, 1.82) is 0 Å². The highest BCUT2D eigenvalue weighted by molar-refractivity contribution is 5.89. The molecule has 1 aromatic heterocycles. The van der Waals surface area contributed by atoms with E-state index in [1.807, 2.05) is 24.1 Å². The van der Waals surface area contributed by atoms with Gasteiger partial charge in [-0.1, -0.05) is 24.3 Å². The summed E-state index contributed by atoms with van der Waals surface area (Å²) in [6, 6.07) is 16.3. The minimum absolute atomic E-state index is 0.142. The van der Waals surface area contributed by atoms with Crippen LogP contribution in [0.25, 0.3) is 22.2 Å². The van der Waals surface area contributed by atoms with Crippen molar-refractivity contribution in [3.63, 3.8) is 0 Å². The summed E-state index contributed by atoms with van der Waals surface area (Å²) in [7, 11) is 3.64. The van der Waals surface area contributed by atoms with Gasteiger partial charge in [0.1, 0.15) is 11.3 Å². The predicted molar refractivity (Wildman–Crippen MR) is 98.8 cm³/mol. The Morgan fingerprint density at radius 2 is 1.88 bits per heavy atom. The molecule has 2 aromatic carbocycles. The highest BCUT2D eigenvalue weighted by atomic mass is 16.5. The number of methoxy groups -OCH3 is 1. The second-order valence-corrected chi connectivity index (χ2v) is 5.87. The van der Waals surface area contributed by atoms with Gasteiger partial charge in [0.25, 0.3) is 0 Å². The molecular weight excluding hydrogens is 300 g/mol. The number of aliphatic hydroxyl groups excluding tert-OH is 1. The van der Waals surface area contributed by atoms with E-state index in [-0.39, 0.29) is 6.61 Å². The molecule has 4 nitrogen and oxygen atoms in total. The van der Waals surface area contributed by atoms with Crippen LogP contribution in [0.15, 0.2) is 48.5 Å². The molecule has 3 rings (SSSR count). The summed E-state index contributed by atoms with van der Waals surface area (Å²) in [5.74, 6) is 0.789. The molecule has 0 atom stereocenters. The minimum atomic E-state index is 0.142. The van der Waals surface area contributed by atoms with Crippen LogP contribution in [0, 0.1) is 6.92 Å². The van der Waals surface area contributed by atoms with Gasteiger partial charge in [-0.3, -0.25) is 0 Å². The first-order chi connectivity index (χ1) is 11.6. The first-order valence-corrected chi connectivity index (χ1v) is 8.01. The van der Waals surface area contributed by atoms with Crippen LogP contribution in [-0.4, -0.2) is 37.4 Å². The Kier molecular flexibility index (Phi) is 4.67. The first kappa shape index (κ1) is 16.3. The number of aryl methyl sites for hydroxylation is 1. The van der Waals surface area contributed by atoms with Gasteiger partial charge in [0.15, 0.2) is 0 Å². The fourth-order valence-corrected chi connectivity index (χ4v) is 2.87. The molecule has 0 fully saturated rings. The number of nitrogens with zero attached hydrogens (tertiary/aromatic N) is 2. The largest absolute Gasteiger partial charge is 0.494 e. The maximum absolute atomic E-state index is 9.05. The molecule has 24 heavy (non-hydrogen) atoms. The van der Waals surface area contributed by atoms with E-state index in [4.69, 9.17) is 14.8 Å². The fraction of sp³-hybridized carbons (Fsp3) is 0.250. The van der Waals surface area contributed by atoms with Crippen molar-refractivity contribution in [3.8, 4) is 17.0 Å². The Morgan fingerprint density at radius 3 is 2.54 bits per heavy atom. The quantitative estimate of drug-likeness (QED) is 0.779. The van der Waals surface area contributed by atoms with Crippen molar-refractivity contribution in [1.82, 2.24) is 4.98 Å². The zero-order valence-corrected chi connectivity index (χ0v) is 14.3. The molecule has 0 saturated heterocycles. The van der Waals surface area contributed by atoms with Crippen LogP contribution in [0.5, 0.6) is 5.75 Å². The maximum Gasteiger partial charge on any atom is 0.145 e. The standard InChI is InChI=1S/C20H22N2O2/c1-14-13-18(21-20-17(14)5-4-6-19(20)24-3)15-7-9-16(10-8-15)22(2)11-12-23/h4-10,13,23H,11-12H2,1-3H3. The number of fused-ring (bicyclic) bond motifs is 1. The average molecular weight is 322 g/mol. The number of aromatic nitrogens is 1. The number of para-hydroxylation sites is 1. The molecule has 124 valence electrons. The van der Waals surface area contributed by atoms with Gasteiger partial charge in [-0.2, -0.15) is 0 Å². The molecule has 0 aliphatic heterocycles. The molecule has 0 aliphatic rings. The lowest BCUT2D eigenvalue weighted by atomic mass is 10.0. The molecule has 0 bridgehead atoms. The fourth-order valence-electron chi connectivity index (χ4n) is 2.87. The topological polar surface area (TPSA) is 45.6 Å². The molecule has 0 amide bonds. The zero-order valence-electron chi connectivity index (χ0n) is 14.3. The van der Waals surface area contributed by atoms with E-state index < -0.39 is 0 Å². The van der Waals surface area contributed by atoms with Crippen LogP contribution in [0.1, 0.15) is 5.56 Å². The number of hydrogen-bond acceptors (Lipinski definition) is 4. The van der Waals surface area contributed by atoms with Gasteiger partial charge in [-0.15, -0.1) is 0 Å². The average Bonchev–Trinajstić information content (AvgIpc) is 2.61. The Balaban J connectivity index is 2.03. The number of anilines is 1. The van der Waals surface area contributed by atoms with E-state index >= 15 is 0 Å². The van der Waals surface area contributed by atoms with Gasteiger partial charge in [-0.25, -0.2) is 4.98 Å². The molecule has 3 aromatic rings. The van der Waals surface area contributed by atoms with Gasteiger partial charge >= 0.3 is 0 Å². The van der Waals surface area contributed by atoms with Crippen molar-refractivity contribution in [3.05, 3.63) is 54.1 Å². The molecule has 1 heterocycles. The molecule has 0 spiro atoms. The molecule has 4 heteroatoms. The van der Waals surface area contributed by atoms with E-state index in [0.29, 0.717) is 6.54 Å². The Morgan fingerprint density at radius 1 is 1.12 bits per heavy atom.